The van der Waals surface area contributed by atoms with Crippen LogP contribution >= 0.6 is 24.0 Å². The van der Waals surface area contributed by atoms with Crippen LogP contribution in [0, 0.1) is 0 Å². The second kappa shape index (κ2) is 9.43. The summed E-state index contributed by atoms with van der Waals surface area (Å²) in [6.45, 7) is 3.08. The zero-order chi connectivity index (χ0) is 16.0. The molecule has 0 radical (unpaired) electrons. The number of rotatable bonds is 5. The summed E-state index contributed by atoms with van der Waals surface area (Å²) in [6.07, 6.45) is 0.611. The Morgan fingerprint density at radius 3 is 2.61 bits per heavy atom. The molecule has 1 aromatic carbocycles. The molecule has 130 valence electrons. The van der Waals surface area contributed by atoms with Gasteiger partial charge in [0, 0.05) is 12.6 Å². The van der Waals surface area contributed by atoms with Gasteiger partial charge in [0.2, 0.25) is 0 Å². The maximum atomic E-state index is 11.5. The number of benzene rings is 1. The highest BCUT2D eigenvalue weighted by molar-refractivity contribution is 14.0. The van der Waals surface area contributed by atoms with Gasteiger partial charge in [0.15, 0.2) is 15.8 Å². The minimum absolute atomic E-state index is 0. The molecule has 2 rings (SSSR count). The Labute approximate surface area is 154 Å². The highest BCUT2D eigenvalue weighted by atomic mass is 127. The Hall–Kier alpha value is -0.870. The summed E-state index contributed by atoms with van der Waals surface area (Å²) in [4.78, 5) is 4.49. The first-order chi connectivity index (χ1) is 10.5. The summed E-state index contributed by atoms with van der Waals surface area (Å²) >= 11 is 0. The molecule has 1 atom stereocenters. The van der Waals surface area contributed by atoms with Crippen LogP contribution in [-0.4, -0.2) is 43.6 Å². The standard InChI is InChI=1S/C15H23N3O3S.HI/c1-2-16-15(18-14-7-8-22(20,21)11-14)17-9-12-5-3-4-6-13(12)10-19;/h3-6,14,19H,2,7-11H2,1H3,(H2,16,17,18);1H. The third-order valence-corrected chi connectivity index (χ3v) is 5.38. The second-order valence-corrected chi connectivity index (χ2v) is 7.60. The van der Waals surface area contributed by atoms with Gasteiger partial charge in [0.25, 0.3) is 0 Å². The van der Waals surface area contributed by atoms with Crippen LogP contribution in [0.1, 0.15) is 24.5 Å². The molecule has 6 nitrogen and oxygen atoms in total. The number of aliphatic imine (C=N–C) groups is 1. The molecule has 8 heteroatoms. The molecule has 23 heavy (non-hydrogen) atoms. The summed E-state index contributed by atoms with van der Waals surface area (Å²) in [5.74, 6) is 1.000. The van der Waals surface area contributed by atoms with Crippen LogP contribution < -0.4 is 10.6 Å². The molecule has 1 aromatic rings. The van der Waals surface area contributed by atoms with E-state index in [0.717, 1.165) is 11.1 Å². The normalized spacial score (nSPS) is 19.9. The SMILES string of the molecule is CCNC(=NCc1ccccc1CO)NC1CCS(=O)(=O)C1.I. The maximum absolute atomic E-state index is 11.5. The van der Waals surface area contributed by atoms with Gasteiger partial charge in [-0.2, -0.15) is 0 Å². The van der Waals surface area contributed by atoms with Crippen LogP contribution in [0.15, 0.2) is 29.3 Å². The molecule has 3 N–H and O–H groups in total. The quantitative estimate of drug-likeness (QED) is 0.352. The Morgan fingerprint density at radius 2 is 2.04 bits per heavy atom. The molecule has 0 saturated carbocycles. The van der Waals surface area contributed by atoms with Crippen molar-refractivity contribution in [3.05, 3.63) is 35.4 Å². The van der Waals surface area contributed by atoms with Gasteiger partial charge in [-0.05, 0) is 24.5 Å². The van der Waals surface area contributed by atoms with Crippen LogP contribution in [-0.2, 0) is 23.0 Å². The zero-order valence-electron chi connectivity index (χ0n) is 13.2. The van der Waals surface area contributed by atoms with Gasteiger partial charge < -0.3 is 15.7 Å². The minimum Gasteiger partial charge on any atom is -0.392 e. The summed E-state index contributed by atoms with van der Waals surface area (Å²) in [6, 6.07) is 7.50. The molecule has 1 heterocycles. The van der Waals surface area contributed by atoms with Crippen LogP contribution in [0.2, 0.25) is 0 Å². The van der Waals surface area contributed by atoms with Crippen molar-refractivity contribution in [2.45, 2.75) is 32.5 Å². The van der Waals surface area contributed by atoms with Crippen molar-refractivity contribution in [1.82, 2.24) is 10.6 Å². The van der Waals surface area contributed by atoms with Crippen LogP contribution in [0.4, 0.5) is 0 Å². The molecule has 1 fully saturated rings. The lowest BCUT2D eigenvalue weighted by Crippen LogP contribution is -2.44. The number of sulfone groups is 1. The Bertz CT molecular complexity index is 635. The van der Waals surface area contributed by atoms with Crippen molar-refractivity contribution in [2.75, 3.05) is 18.1 Å². The summed E-state index contributed by atoms with van der Waals surface area (Å²) < 4.78 is 23.0. The first-order valence-corrected chi connectivity index (χ1v) is 9.29. The third-order valence-electron chi connectivity index (χ3n) is 3.61. The molecule has 0 aromatic heterocycles. The number of hydrogen-bond acceptors (Lipinski definition) is 4. The highest BCUT2D eigenvalue weighted by Gasteiger charge is 2.28. The van der Waals surface area contributed by atoms with Crippen molar-refractivity contribution in [3.63, 3.8) is 0 Å². The van der Waals surface area contributed by atoms with E-state index < -0.39 is 9.84 Å². The van der Waals surface area contributed by atoms with E-state index in [1.54, 1.807) is 0 Å². The number of aliphatic hydroxyl groups excluding tert-OH is 1. The van der Waals surface area contributed by atoms with Gasteiger partial charge >= 0.3 is 0 Å². The molecular weight excluding hydrogens is 429 g/mol. The molecule has 1 saturated heterocycles. The van der Waals surface area contributed by atoms with Gasteiger partial charge in [-0.15, -0.1) is 24.0 Å². The largest absolute Gasteiger partial charge is 0.392 e. The predicted molar refractivity (Wildman–Crippen MR) is 103 cm³/mol. The Morgan fingerprint density at radius 1 is 1.35 bits per heavy atom. The lowest BCUT2D eigenvalue weighted by molar-refractivity contribution is 0.280. The number of nitrogens with one attached hydrogen (secondary N) is 2. The first kappa shape index (κ1) is 20.2. The van der Waals surface area contributed by atoms with E-state index in [9.17, 15) is 13.5 Å². The fourth-order valence-corrected chi connectivity index (χ4v) is 4.13. The summed E-state index contributed by atoms with van der Waals surface area (Å²) in [7, 11) is -2.91. The van der Waals surface area contributed by atoms with Crippen LogP contribution in [0.25, 0.3) is 0 Å². The van der Waals surface area contributed by atoms with E-state index in [1.165, 1.54) is 0 Å². The molecule has 1 aliphatic heterocycles. The van der Waals surface area contributed by atoms with Crippen LogP contribution in [0.3, 0.4) is 0 Å². The van der Waals surface area contributed by atoms with E-state index >= 15 is 0 Å². The smallest absolute Gasteiger partial charge is 0.191 e. The average molecular weight is 453 g/mol. The second-order valence-electron chi connectivity index (χ2n) is 5.37. The number of nitrogens with zero attached hydrogens (tertiary/aromatic N) is 1. The number of hydrogen-bond donors (Lipinski definition) is 3. The fourth-order valence-electron chi connectivity index (χ4n) is 2.45. The Kier molecular flexibility index (Phi) is 8.27. The average Bonchev–Trinajstić information content (AvgIpc) is 2.84. The fraction of sp³-hybridized carbons (Fsp3) is 0.533. The maximum Gasteiger partial charge on any atom is 0.191 e. The zero-order valence-corrected chi connectivity index (χ0v) is 16.3. The number of aliphatic hydroxyl groups is 1. The van der Waals surface area contributed by atoms with Crippen molar-refractivity contribution < 1.29 is 13.5 Å². The van der Waals surface area contributed by atoms with Gasteiger partial charge in [-0.1, -0.05) is 24.3 Å². The molecule has 0 bridgehead atoms. The number of halogens is 1. The van der Waals surface area contributed by atoms with E-state index in [4.69, 9.17) is 0 Å². The minimum atomic E-state index is -2.91. The van der Waals surface area contributed by atoms with Crippen LogP contribution in [0.5, 0.6) is 0 Å². The monoisotopic (exact) mass is 453 g/mol. The van der Waals surface area contributed by atoms with E-state index in [-0.39, 0.29) is 48.1 Å². The first-order valence-electron chi connectivity index (χ1n) is 7.47. The van der Waals surface area contributed by atoms with Gasteiger partial charge in [0.1, 0.15) is 0 Å². The molecule has 1 unspecified atom stereocenters. The van der Waals surface area contributed by atoms with Gasteiger partial charge in [-0.3, -0.25) is 0 Å². The van der Waals surface area contributed by atoms with Gasteiger partial charge in [-0.25, -0.2) is 13.4 Å². The third kappa shape index (κ3) is 6.27. The lowest BCUT2D eigenvalue weighted by atomic mass is 10.1. The number of guanidine groups is 1. The summed E-state index contributed by atoms with van der Waals surface area (Å²) in [5, 5.41) is 15.6. The topological polar surface area (TPSA) is 90.8 Å². The van der Waals surface area contributed by atoms with E-state index in [2.05, 4.69) is 15.6 Å². The molecular formula is C15H24IN3O3S. The molecule has 1 aliphatic rings. The van der Waals surface area contributed by atoms with Crippen molar-refractivity contribution in [3.8, 4) is 0 Å². The van der Waals surface area contributed by atoms with Crippen molar-refractivity contribution >= 4 is 39.8 Å². The van der Waals surface area contributed by atoms with E-state index in [1.807, 2.05) is 31.2 Å². The van der Waals surface area contributed by atoms with Crippen molar-refractivity contribution in [2.24, 2.45) is 4.99 Å². The summed E-state index contributed by atoms with van der Waals surface area (Å²) in [5.41, 5.74) is 1.81. The van der Waals surface area contributed by atoms with Crippen molar-refractivity contribution in [1.29, 1.82) is 0 Å². The lowest BCUT2D eigenvalue weighted by Gasteiger charge is -2.16. The predicted octanol–water partition coefficient (Wildman–Crippen LogP) is 1.04. The Balaban J connectivity index is 0.00000264. The highest BCUT2D eigenvalue weighted by Crippen LogP contribution is 2.12. The molecule has 0 aliphatic carbocycles. The van der Waals surface area contributed by atoms with E-state index in [0.29, 0.717) is 25.5 Å². The molecule has 0 amide bonds. The van der Waals surface area contributed by atoms with Gasteiger partial charge in [0.05, 0.1) is 24.7 Å². The molecule has 0 spiro atoms.